The van der Waals surface area contributed by atoms with Gasteiger partial charge in [-0.05, 0) is 41.2 Å². The molecule has 1 unspecified atom stereocenters. The Morgan fingerprint density at radius 3 is 1.94 bits per heavy atom. The monoisotopic (exact) mass is 1020 g/mol. The minimum atomic E-state index is -0.201. The fraction of sp³-hybridized carbons (Fsp3) is 0.348. The normalized spacial score (nSPS) is 15.5. The summed E-state index contributed by atoms with van der Waals surface area (Å²) in [6.07, 6.45) is 4.31. The van der Waals surface area contributed by atoms with Crippen LogP contribution in [0.5, 0.6) is 33.4 Å². The molecule has 2 aliphatic rings. The van der Waals surface area contributed by atoms with E-state index < -0.39 is 0 Å². The number of nitrogens with zero attached hydrogens (tertiary/aromatic N) is 10. The van der Waals surface area contributed by atoms with E-state index in [-0.39, 0.29) is 12.7 Å². The average Bonchev–Trinajstić information content (AvgIpc) is 4.25. The second kappa shape index (κ2) is 18.9. The standard InChI is InChI=1S/C46H44N10O10S4/c1-5-40-33(50-42(68-40)53-6-9-60-10-7-53)23-63-35-13-27(58-3)15-37-30(35)17-39(66-37)32-20-56-44(49-32)70-46(52-56)64-22-28-18-54(8-11-61-28)41-47-25(24-67-41)21-62-34-12-26(57-2)14-36-29(34)16-38(65-36)31-19-55-43(48-31)69-45(51-55)59-4/h12-17,19-20,24,28H,5-11,18,21-23H2,1-4H3. The average molecular weight is 1030 g/mol. The Morgan fingerprint density at radius 1 is 0.657 bits per heavy atom. The van der Waals surface area contributed by atoms with Gasteiger partial charge in [0.15, 0.2) is 21.8 Å². The van der Waals surface area contributed by atoms with Crippen molar-refractivity contribution < 1.29 is 46.7 Å². The summed E-state index contributed by atoms with van der Waals surface area (Å²) in [7, 11) is 4.82. The summed E-state index contributed by atoms with van der Waals surface area (Å²) in [5.41, 5.74) is 4.24. The van der Waals surface area contributed by atoms with E-state index in [1.165, 1.54) is 27.6 Å². The van der Waals surface area contributed by atoms with Gasteiger partial charge in [-0.3, -0.25) is 0 Å². The Morgan fingerprint density at radius 2 is 1.30 bits per heavy atom. The lowest BCUT2D eigenvalue weighted by molar-refractivity contribution is 0.00999. The summed E-state index contributed by atoms with van der Waals surface area (Å²) in [5, 5.41) is 15.6. The number of hydrogen-bond acceptors (Lipinski definition) is 22. The number of aryl methyl sites for hydroxylation is 1. The second-order valence-corrected chi connectivity index (χ2v) is 19.9. The molecule has 24 heteroatoms. The highest BCUT2D eigenvalue weighted by molar-refractivity contribution is 7.18. The largest absolute Gasteiger partial charge is 0.496 e. The second-order valence-electron chi connectivity index (χ2n) is 16.2. The van der Waals surface area contributed by atoms with Crippen LogP contribution in [0, 0.1) is 0 Å². The number of morpholine rings is 2. The number of benzene rings is 2. The number of ether oxygens (including phenoxy) is 8. The van der Waals surface area contributed by atoms with Crippen molar-refractivity contribution >= 4 is 87.5 Å². The highest BCUT2D eigenvalue weighted by atomic mass is 32.1. The van der Waals surface area contributed by atoms with Gasteiger partial charge in [-0.25, -0.2) is 29.0 Å². The molecule has 0 saturated carbocycles. The topological polar surface area (TPSA) is 193 Å². The maximum absolute atomic E-state index is 6.45. The fourth-order valence-electron chi connectivity index (χ4n) is 8.25. The van der Waals surface area contributed by atoms with Crippen molar-refractivity contribution in [2.24, 2.45) is 0 Å². The predicted octanol–water partition coefficient (Wildman–Crippen LogP) is 8.50. The predicted molar refractivity (Wildman–Crippen MR) is 265 cm³/mol. The first-order chi connectivity index (χ1) is 34.4. The van der Waals surface area contributed by atoms with Crippen LogP contribution >= 0.6 is 45.3 Å². The minimum Gasteiger partial charge on any atom is -0.496 e. The van der Waals surface area contributed by atoms with Crippen molar-refractivity contribution in [1.29, 1.82) is 0 Å². The summed E-state index contributed by atoms with van der Waals surface area (Å²) in [4.78, 5) is 26.5. The summed E-state index contributed by atoms with van der Waals surface area (Å²) in [6.45, 7) is 7.94. The lowest BCUT2D eigenvalue weighted by Gasteiger charge is -2.32. The molecule has 70 heavy (non-hydrogen) atoms. The summed E-state index contributed by atoms with van der Waals surface area (Å²) in [5.74, 6) is 3.63. The molecule has 20 nitrogen and oxygen atoms in total. The molecule has 0 radical (unpaired) electrons. The van der Waals surface area contributed by atoms with E-state index in [1.807, 2.05) is 48.0 Å². The summed E-state index contributed by atoms with van der Waals surface area (Å²) in [6, 6.07) is 11.3. The van der Waals surface area contributed by atoms with Gasteiger partial charge in [-0.15, -0.1) is 32.9 Å². The molecule has 0 amide bonds. The molecular formula is C46H44N10O10S4. The fourth-order valence-corrected chi connectivity index (χ4v) is 11.6. The Kier molecular flexibility index (Phi) is 12.0. The number of hydrogen-bond donors (Lipinski definition) is 0. The van der Waals surface area contributed by atoms with Crippen LogP contribution in [0.2, 0.25) is 0 Å². The van der Waals surface area contributed by atoms with Crippen molar-refractivity contribution in [2.75, 3.05) is 83.7 Å². The zero-order chi connectivity index (χ0) is 47.3. The van der Waals surface area contributed by atoms with Gasteiger partial charge >= 0.3 is 0 Å². The number of anilines is 2. The number of methoxy groups -OCH3 is 3. The molecule has 2 saturated heterocycles. The number of furan rings is 2. The van der Waals surface area contributed by atoms with Gasteiger partial charge in [0.05, 0.1) is 75.7 Å². The zero-order valence-electron chi connectivity index (χ0n) is 38.2. The van der Waals surface area contributed by atoms with E-state index in [4.69, 9.17) is 61.7 Å². The third-order valence-electron chi connectivity index (χ3n) is 11.8. The summed E-state index contributed by atoms with van der Waals surface area (Å²) >= 11 is 5.98. The Bertz CT molecular complexity index is 3410. The van der Waals surface area contributed by atoms with Gasteiger partial charge < -0.3 is 56.5 Å². The van der Waals surface area contributed by atoms with Crippen molar-refractivity contribution in [1.82, 2.24) is 39.2 Å². The van der Waals surface area contributed by atoms with Crippen LogP contribution in [0.1, 0.15) is 23.2 Å². The molecular weight excluding hydrogens is 981 g/mol. The van der Waals surface area contributed by atoms with Crippen molar-refractivity contribution in [3.63, 3.8) is 0 Å². The molecule has 10 heterocycles. The first-order valence-electron chi connectivity index (χ1n) is 22.4. The molecule has 0 aliphatic carbocycles. The third kappa shape index (κ3) is 8.78. The van der Waals surface area contributed by atoms with Gasteiger partial charge in [-0.2, -0.15) is 0 Å². The SMILES string of the molecule is CCc1sc(N2CCOCC2)nc1COc1cc(OC)cc2oc(-c3cn4nc(OCC5CN(c6nc(COc7cc(OC)cc8oc(-c9cn%10nc(OC)sc%10n9)cc78)cs6)CCO5)sc4n3)cc12. The number of fused-ring (bicyclic) bond motifs is 4. The molecule has 2 fully saturated rings. The van der Waals surface area contributed by atoms with Crippen molar-refractivity contribution in [3.05, 3.63) is 70.4 Å². The maximum atomic E-state index is 6.45. The van der Waals surface area contributed by atoms with Gasteiger partial charge in [-0.1, -0.05) is 6.92 Å². The van der Waals surface area contributed by atoms with E-state index in [0.29, 0.717) is 124 Å². The van der Waals surface area contributed by atoms with Crippen LogP contribution in [0.25, 0.3) is 54.8 Å². The molecule has 2 aliphatic heterocycles. The third-order valence-corrected chi connectivity index (χ3v) is 15.8. The van der Waals surface area contributed by atoms with Crippen LogP contribution in [0.15, 0.2) is 63.0 Å². The number of rotatable bonds is 17. The molecule has 2 aromatic carbocycles. The quantitative estimate of drug-likeness (QED) is 0.0842. The van der Waals surface area contributed by atoms with E-state index >= 15 is 0 Å². The molecule has 0 bridgehead atoms. The Balaban J connectivity index is 0.674. The Hall–Kier alpha value is -6.70. The molecule has 1 atom stereocenters. The molecule has 0 spiro atoms. The maximum Gasteiger partial charge on any atom is 0.294 e. The molecule has 12 rings (SSSR count). The molecule has 362 valence electrons. The van der Waals surface area contributed by atoms with E-state index in [1.54, 1.807) is 59.2 Å². The lowest BCUT2D eigenvalue weighted by Crippen LogP contribution is -2.45. The number of thiazole rings is 2. The number of aromatic nitrogens is 8. The van der Waals surface area contributed by atoms with Crippen LogP contribution < -0.4 is 38.2 Å². The van der Waals surface area contributed by atoms with E-state index in [2.05, 4.69) is 31.9 Å². The first-order valence-corrected chi connectivity index (χ1v) is 25.7. The summed E-state index contributed by atoms with van der Waals surface area (Å²) < 4.78 is 63.0. The highest BCUT2D eigenvalue weighted by Gasteiger charge is 2.26. The Labute approximate surface area is 414 Å². The van der Waals surface area contributed by atoms with Gasteiger partial charge in [0.2, 0.25) is 9.92 Å². The minimum absolute atomic E-state index is 0.201. The molecule has 10 aromatic rings. The van der Waals surface area contributed by atoms with Gasteiger partial charge in [0.25, 0.3) is 10.4 Å². The smallest absolute Gasteiger partial charge is 0.294 e. The zero-order valence-corrected chi connectivity index (χ0v) is 41.5. The van der Waals surface area contributed by atoms with E-state index in [0.717, 1.165) is 51.9 Å². The molecule has 0 N–H and O–H groups in total. The van der Waals surface area contributed by atoms with Crippen molar-refractivity contribution in [3.8, 4) is 56.3 Å². The van der Waals surface area contributed by atoms with Crippen molar-refractivity contribution in [2.45, 2.75) is 32.7 Å². The van der Waals surface area contributed by atoms with Crippen LogP contribution in [-0.4, -0.2) is 119 Å². The number of imidazole rings is 2. The van der Waals surface area contributed by atoms with Crippen LogP contribution in [0.3, 0.4) is 0 Å². The van der Waals surface area contributed by atoms with Gasteiger partial charge in [0.1, 0.15) is 71.5 Å². The van der Waals surface area contributed by atoms with Gasteiger partial charge in [0, 0.05) is 60.7 Å². The lowest BCUT2D eigenvalue weighted by atomic mass is 10.2. The van der Waals surface area contributed by atoms with Crippen LogP contribution in [0.4, 0.5) is 10.3 Å². The molecule has 8 aromatic heterocycles. The highest BCUT2D eigenvalue weighted by Crippen LogP contribution is 2.40. The van der Waals surface area contributed by atoms with Crippen LogP contribution in [-0.2, 0) is 29.1 Å². The van der Waals surface area contributed by atoms with E-state index in [9.17, 15) is 0 Å². The first kappa shape index (κ1) is 44.5.